The van der Waals surface area contributed by atoms with Gasteiger partial charge in [-0.05, 0) is 36.4 Å². The second kappa shape index (κ2) is 5.35. The number of hydrogen-bond donors (Lipinski definition) is 1. The maximum atomic E-state index is 12.7. The predicted octanol–water partition coefficient (Wildman–Crippen LogP) is 5.58. The molecule has 2 nitrogen and oxygen atoms in total. The zero-order chi connectivity index (χ0) is 14.3. The molecule has 0 bridgehead atoms. The molecule has 0 spiro atoms. The van der Waals surface area contributed by atoms with E-state index in [0.717, 1.165) is 19.8 Å². The van der Waals surface area contributed by atoms with Crippen LogP contribution in [0.5, 0.6) is 0 Å². The zero-order valence-corrected chi connectivity index (χ0v) is 14.0. The standard InChI is InChI=1S/C15H8Br2ClNO/c16-8-1-4-14-10(5-8)12(7-19-14)15(20)11-6-9(18)2-3-13(11)17/h1-7,19H. The average molecular weight is 413 g/mol. The minimum Gasteiger partial charge on any atom is -0.360 e. The Morgan fingerprint density at radius 1 is 1.05 bits per heavy atom. The van der Waals surface area contributed by atoms with Crippen LogP contribution in [0.3, 0.4) is 0 Å². The van der Waals surface area contributed by atoms with Crippen LogP contribution in [0.4, 0.5) is 0 Å². The van der Waals surface area contributed by atoms with Crippen molar-refractivity contribution < 1.29 is 4.79 Å². The summed E-state index contributed by atoms with van der Waals surface area (Å²) in [6.45, 7) is 0. The van der Waals surface area contributed by atoms with Gasteiger partial charge in [0.25, 0.3) is 0 Å². The highest BCUT2D eigenvalue weighted by molar-refractivity contribution is 9.10. The number of hydrogen-bond acceptors (Lipinski definition) is 1. The molecule has 0 aliphatic carbocycles. The minimum atomic E-state index is -0.0660. The molecule has 1 N–H and O–H groups in total. The fourth-order valence-corrected chi connectivity index (χ4v) is 3.06. The van der Waals surface area contributed by atoms with Crippen LogP contribution < -0.4 is 0 Å². The minimum absolute atomic E-state index is 0.0660. The molecule has 0 saturated carbocycles. The van der Waals surface area contributed by atoms with Crippen molar-refractivity contribution in [2.75, 3.05) is 0 Å². The molecule has 0 saturated heterocycles. The Bertz CT molecular complexity index is 826. The summed E-state index contributed by atoms with van der Waals surface area (Å²) in [5.41, 5.74) is 2.11. The van der Waals surface area contributed by atoms with Crippen molar-refractivity contribution >= 4 is 60.1 Å². The van der Waals surface area contributed by atoms with Crippen molar-refractivity contribution in [3.05, 3.63) is 67.7 Å². The predicted molar refractivity (Wildman–Crippen MR) is 88.6 cm³/mol. The van der Waals surface area contributed by atoms with Crippen molar-refractivity contribution in [3.63, 3.8) is 0 Å². The maximum absolute atomic E-state index is 12.7. The molecule has 0 unspecified atom stereocenters. The lowest BCUT2D eigenvalue weighted by atomic mass is 10.0. The molecule has 5 heteroatoms. The van der Waals surface area contributed by atoms with E-state index in [1.54, 1.807) is 24.4 Å². The van der Waals surface area contributed by atoms with Crippen molar-refractivity contribution in [2.45, 2.75) is 0 Å². The van der Waals surface area contributed by atoms with Crippen LogP contribution in [0.15, 0.2) is 51.5 Å². The highest BCUT2D eigenvalue weighted by atomic mass is 79.9. The highest BCUT2D eigenvalue weighted by Crippen LogP contribution is 2.28. The van der Waals surface area contributed by atoms with Gasteiger partial charge in [0, 0.05) is 42.2 Å². The summed E-state index contributed by atoms with van der Waals surface area (Å²) in [5.74, 6) is -0.0660. The van der Waals surface area contributed by atoms with E-state index >= 15 is 0 Å². The molecule has 0 amide bonds. The van der Waals surface area contributed by atoms with Crippen LogP contribution in [0, 0.1) is 0 Å². The lowest BCUT2D eigenvalue weighted by Crippen LogP contribution is -2.01. The van der Waals surface area contributed by atoms with E-state index < -0.39 is 0 Å². The summed E-state index contributed by atoms with van der Waals surface area (Å²) in [5, 5.41) is 1.42. The van der Waals surface area contributed by atoms with Crippen molar-refractivity contribution in [1.29, 1.82) is 0 Å². The molecule has 3 rings (SSSR count). The third-order valence-corrected chi connectivity index (χ3v) is 4.48. The molecule has 0 aliphatic rings. The van der Waals surface area contributed by atoms with Gasteiger partial charge in [-0.3, -0.25) is 4.79 Å². The number of nitrogens with one attached hydrogen (secondary N) is 1. The summed E-state index contributed by atoms with van der Waals surface area (Å²) in [6.07, 6.45) is 1.73. The molecule has 20 heavy (non-hydrogen) atoms. The van der Waals surface area contributed by atoms with Crippen LogP contribution in [-0.4, -0.2) is 10.8 Å². The monoisotopic (exact) mass is 411 g/mol. The molecule has 0 aliphatic heterocycles. The van der Waals surface area contributed by atoms with Gasteiger partial charge in [0.15, 0.2) is 5.78 Å². The zero-order valence-electron chi connectivity index (χ0n) is 10.1. The average Bonchev–Trinajstić information content (AvgIpc) is 2.83. The lowest BCUT2D eigenvalue weighted by molar-refractivity contribution is 0.103. The molecular formula is C15H8Br2ClNO. The number of aromatic amines is 1. The number of carbonyl (C=O) groups excluding carboxylic acids is 1. The SMILES string of the molecule is O=C(c1cc(Cl)ccc1Br)c1c[nH]c2ccc(Br)cc12. The number of halogens is 3. The summed E-state index contributed by atoms with van der Waals surface area (Å²) >= 11 is 12.8. The van der Waals surface area contributed by atoms with Gasteiger partial charge in [0.05, 0.1) is 0 Å². The Balaban J connectivity index is 2.17. The van der Waals surface area contributed by atoms with E-state index in [9.17, 15) is 4.79 Å². The Hall–Kier alpha value is -1.10. The van der Waals surface area contributed by atoms with Gasteiger partial charge in [-0.1, -0.05) is 43.5 Å². The molecule has 2 aromatic carbocycles. The Labute approximate surface area is 137 Å². The highest BCUT2D eigenvalue weighted by Gasteiger charge is 2.17. The second-order valence-electron chi connectivity index (χ2n) is 4.35. The number of rotatable bonds is 2. The van der Waals surface area contributed by atoms with Crippen LogP contribution in [0.1, 0.15) is 15.9 Å². The molecule has 0 radical (unpaired) electrons. The van der Waals surface area contributed by atoms with E-state index in [1.807, 2.05) is 18.2 Å². The van der Waals surface area contributed by atoms with Gasteiger partial charge in [-0.2, -0.15) is 0 Å². The van der Waals surface area contributed by atoms with Crippen LogP contribution >= 0.6 is 43.5 Å². The molecule has 1 heterocycles. The maximum Gasteiger partial charge on any atom is 0.196 e. The summed E-state index contributed by atoms with van der Waals surface area (Å²) in [6, 6.07) is 11.0. The number of benzene rings is 2. The van der Waals surface area contributed by atoms with Gasteiger partial charge in [0.2, 0.25) is 0 Å². The normalized spacial score (nSPS) is 10.9. The molecule has 1 aromatic heterocycles. The Morgan fingerprint density at radius 3 is 2.65 bits per heavy atom. The number of carbonyl (C=O) groups is 1. The Kier molecular flexibility index (Phi) is 3.71. The quantitative estimate of drug-likeness (QED) is 0.547. The third kappa shape index (κ3) is 2.43. The van der Waals surface area contributed by atoms with Crippen LogP contribution in [0.2, 0.25) is 5.02 Å². The van der Waals surface area contributed by atoms with Crippen LogP contribution in [0.25, 0.3) is 10.9 Å². The fraction of sp³-hybridized carbons (Fsp3) is 0. The van der Waals surface area contributed by atoms with E-state index in [2.05, 4.69) is 36.8 Å². The van der Waals surface area contributed by atoms with E-state index in [0.29, 0.717) is 16.1 Å². The molecule has 100 valence electrons. The molecule has 0 atom stereocenters. The van der Waals surface area contributed by atoms with Crippen LogP contribution in [-0.2, 0) is 0 Å². The summed E-state index contributed by atoms with van der Waals surface area (Å²) in [4.78, 5) is 15.8. The fourth-order valence-electron chi connectivity index (χ4n) is 2.10. The topological polar surface area (TPSA) is 32.9 Å². The Morgan fingerprint density at radius 2 is 1.85 bits per heavy atom. The lowest BCUT2D eigenvalue weighted by Gasteiger charge is -2.04. The molecule has 0 fully saturated rings. The van der Waals surface area contributed by atoms with Gasteiger partial charge in [-0.15, -0.1) is 0 Å². The first kappa shape index (κ1) is 13.9. The van der Waals surface area contributed by atoms with Crippen molar-refractivity contribution in [2.24, 2.45) is 0 Å². The summed E-state index contributed by atoms with van der Waals surface area (Å²) in [7, 11) is 0. The van der Waals surface area contributed by atoms with Gasteiger partial charge in [0.1, 0.15) is 0 Å². The van der Waals surface area contributed by atoms with Crippen molar-refractivity contribution in [1.82, 2.24) is 4.98 Å². The van der Waals surface area contributed by atoms with Gasteiger partial charge < -0.3 is 4.98 Å². The number of aromatic nitrogens is 1. The first-order valence-corrected chi connectivity index (χ1v) is 7.79. The number of fused-ring (bicyclic) bond motifs is 1. The smallest absolute Gasteiger partial charge is 0.196 e. The second-order valence-corrected chi connectivity index (χ2v) is 6.55. The van der Waals surface area contributed by atoms with E-state index in [-0.39, 0.29) is 5.78 Å². The largest absolute Gasteiger partial charge is 0.360 e. The number of ketones is 1. The first-order chi connectivity index (χ1) is 9.56. The van der Waals surface area contributed by atoms with Crippen molar-refractivity contribution in [3.8, 4) is 0 Å². The van der Waals surface area contributed by atoms with Gasteiger partial charge >= 0.3 is 0 Å². The first-order valence-electron chi connectivity index (χ1n) is 5.82. The summed E-state index contributed by atoms with van der Waals surface area (Å²) < 4.78 is 1.67. The van der Waals surface area contributed by atoms with Gasteiger partial charge in [-0.25, -0.2) is 0 Å². The number of H-pyrrole nitrogens is 1. The van der Waals surface area contributed by atoms with E-state index in [4.69, 9.17) is 11.6 Å². The third-order valence-electron chi connectivity index (χ3n) is 3.06. The van der Waals surface area contributed by atoms with E-state index in [1.165, 1.54) is 0 Å². The molecular weight excluding hydrogens is 405 g/mol. The molecule has 3 aromatic rings.